The number of rotatable bonds is 7. The van der Waals surface area contributed by atoms with Crippen molar-refractivity contribution < 1.29 is 18.7 Å². The molecular formula is C22H26N2O4. The summed E-state index contributed by atoms with van der Waals surface area (Å²) in [4.78, 5) is 27.5. The number of nitrogens with zero attached hydrogens (tertiary/aromatic N) is 2. The minimum Gasteiger partial charge on any atom is -0.484 e. The molecule has 6 heteroatoms. The van der Waals surface area contributed by atoms with E-state index in [1.165, 1.54) is 6.42 Å². The van der Waals surface area contributed by atoms with Gasteiger partial charge in [0.15, 0.2) is 6.61 Å². The molecule has 148 valence electrons. The number of likely N-dealkylation sites (N-methyl/N-ethyl adjacent to an activating group) is 1. The zero-order valence-electron chi connectivity index (χ0n) is 16.4. The molecule has 2 unspecified atom stereocenters. The van der Waals surface area contributed by atoms with Crippen molar-refractivity contribution in [1.29, 1.82) is 0 Å². The molecule has 2 atom stereocenters. The molecule has 1 saturated heterocycles. The van der Waals surface area contributed by atoms with E-state index in [4.69, 9.17) is 9.15 Å². The molecule has 2 fully saturated rings. The third-order valence-electron chi connectivity index (χ3n) is 5.56. The van der Waals surface area contributed by atoms with Gasteiger partial charge in [0, 0.05) is 31.6 Å². The predicted octanol–water partition coefficient (Wildman–Crippen LogP) is 3.57. The Kier molecular flexibility index (Phi) is 5.11. The molecule has 0 bridgehead atoms. The van der Waals surface area contributed by atoms with E-state index in [9.17, 15) is 9.59 Å². The number of carbonyl (C=O) groups excluding carboxylic acids is 2. The van der Waals surface area contributed by atoms with Crippen molar-refractivity contribution in [2.45, 2.75) is 38.6 Å². The predicted molar refractivity (Wildman–Crippen MR) is 105 cm³/mol. The highest BCUT2D eigenvalue weighted by Gasteiger charge is 2.36. The molecule has 1 aromatic heterocycles. The van der Waals surface area contributed by atoms with Gasteiger partial charge in [-0.05, 0) is 55.2 Å². The Hall–Kier alpha value is -2.76. The average molecular weight is 382 g/mol. The lowest BCUT2D eigenvalue weighted by Gasteiger charge is -2.17. The molecule has 0 spiro atoms. The van der Waals surface area contributed by atoms with Gasteiger partial charge in [0.1, 0.15) is 17.3 Å². The number of anilines is 1. The van der Waals surface area contributed by atoms with E-state index >= 15 is 0 Å². The summed E-state index contributed by atoms with van der Waals surface area (Å²) in [6.45, 7) is 3.37. The zero-order chi connectivity index (χ0) is 19.7. The second-order valence-electron chi connectivity index (χ2n) is 7.80. The van der Waals surface area contributed by atoms with Crippen LogP contribution in [0.25, 0.3) is 0 Å². The Morgan fingerprint density at radius 1 is 1.25 bits per heavy atom. The van der Waals surface area contributed by atoms with Crippen molar-refractivity contribution in [1.82, 2.24) is 4.90 Å². The number of hydrogen-bond donors (Lipinski definition) is 0. The summed E-state index contributed by atoms with van der Waals surface area (Å²) >= 11 is 0. The summed E-state index contributed by atoms with van der Waals surface area (Å²) in [6, 6.07) is 11.3. The fourth-order valence-corrected chi connectivity index (χ4v) is 3.62. The lowest BCUT2D eigenvalue weighted by atomic mass is 10.3. The summed E-state index contributed by atoms with van der Waals surface area (Å²) in [5.74, 6) is 3.71. The van der Waals surface area contributed by atoms with Crippen LogP contribution in [0.5, 0.6) is 5.75 Å². The van der Waals surface area contributed by atoms with Gasteiger partial charge in [0.05, 0.1) is 6.54 Å². The van der Waals surface area contributed by atoms with Crippen LogP contribution in [0, 0.1) is 5.92 Å². The molecule has 2 aromatic rings. The van der Waals surface area contributed by atoms with Gasteiger partial charge in [-0.25, -0.2) is 0 Å². The average Bonchev–Trinajstić information content (AvgIpc) is 3.06. The summed E-state index contributed by atoms with van der Waals surface area (Å²) in [6.07, 6.45) is 2.69. The maximum Gasteiger partial charge on any atom is 0.260 e. The first kappa shape index (κ1) is 18.6. The first-order chi connectivity index (χ1) is 13.5. The van der Waals surface area contributed by atoms with Crippen molar-refractivity contribution in [3.05, 3.63) is 47.9 Å². The van der Waals surface area contributed by atoms with Crippen LogP contribution in [-0.4, -0.2) is 36.9 Å². The first-order valence-electron chi connectivity index (χ1n) is 9.87. The third-order valence-corrected chi connectivity index (χ3v) is 5.56. The molecule has 28 heavy (non-hydrogen) atoms. The molecule has 1 aliphatic heterocycles. The molecule has 1 aliphatic carbocycles. The third kappa shape index (κ3) is 4.06. The maximum absolute atomic E-state index is 12.4. The quantitative estimate of drug-likeness (QED) is 0.734. The van der Waals surface area contributed by atoms with Crippen molar-refractivity contribution >= 4 is 17.5 Å². The van der Waals surface area contributed by atoms with Crippen molar-refractivity contribution in [2.24, 2.45) is 5.92 Å². The van der Waals surface area contributed by atoms with Gasteiger partial charge in [-0.1, -0.05) is 6.92 Å². The Morgan fingerprint density at radius 2 is 2.00 bits per heavy atom. The van der Waals surface area contributed by atoms with Crippen LogP contribution in [0.15, 0.2) is 40.8 Å². The Bertz CT molecular complexity index is 858. The number of carbonyl (C=O) groups is 2. The molecule has 2 heterocycles. The first-order valence-corrected chi connectivity index (χ1v) is 9.87. The molecule has 0 N–H and O–H groups in total. The fourth-order valence-electron chi connectivity index (χ4n) is 3.62. The zero-order valence-corrected chi connectivity index (χ0v) is 16.4. The molecule has 6 nitrogen and oxygen atoms in total. The molecular weight excluding hydrogens is 356 g/mol. The van der Waals surface area contributed by atoms with E-state index in [1.807, 2.05) is 24.3 Å². The van der Waals surface area contributed by atoms with E-state index in [0.717, 1.165) is 30.2 Å². The summed E-state index contributed by atoms with van der Waals surface area (Å²) in [5, 5.41) is 0. The van der Waals surface area contributed by atoms with E-state index in [2.05, 4.69) is 6.92 Å². The summed E-state index contributed by atoms with van der Waals surface area (Å²) < 4.78 is 11.5. The van der Waals surface area contributed by atoms with Crippen molar-refractivity contribution in [2.75, 3.05) is 25.1 Å². The van der Waals surface area contributed by atoms with Gasteiger partial charge in [-0.3, -0.25) is 9.59 Å². The van der Waals surface area contributed by atoms with Gasteiger partial charge >= 0.3 is 0 Å². The van der Waals surface area contributed by atoms with Crippen molar-refractivity contribution in [3.63, 3.8) is 0 Å². The largest absolute Gasteiger partial charge is 0.484 e. The fraction of sp³-hybridized carbons (Fsp3) is 0.455. The molecule has 2 amide bonds. The van der Waals surface area contributed by atoms with Gasteiger partial charge in [-0.2, -0.15) is 0 Å². The minimum atomic E-state index is -0.114. The molecule has 1 aromatic carbocycles. The summed E-state index contributed by atoms with van der Waals surface area (Å²) in [7, 11) is 1.75. The molecule has 4 rings (SSSR count). The molecule has 2 aliphatic rings. The number of furan rings is 1. The standard InChI is InChI=1S/C22H26N2O4/c1-15-12-19(15)20-10-9-18(28-20)13-23(2)22(26)14-27-17-7-5-16(6-8-17)24-11-3-4-21(24)25/h5-10,15,19H,3-4,11-14H2,1-2H3. The number of amides is 2. The highest BCUT2D eigenvalue weighted by Crippen LogP contribution is 2.47. The number of ether oxygens (including phenoxy) is 1. The van der Waals surface area contributed by atoms with Gasteiger partial charge in [0.25, 0.3) is 5.91 Å². The number of hydrogen-bond acceptors (Lipinski definition) is 4. The van der Waals surface area contributed by atoms with Crippen LogP contribution in [0.4, 0.5) is 5.69 Å². The van der Waals surface area contributed by atoms with E-state index in [0.29, 0.717) is 30.6 Å². The lowest BCUT2D eigenvalue weighted by molar-refractivity contribution is -0.132. The van der Waals surface area contributed by atoms with Gasteiger partial charge in [0.2, 0.25) is 5.91 Å². The highest BCUT2D eigenvalue weighted by molar-refractivity contribution is 5.95. The van der Waals surface area contributed by atoms with E-state index < -0.39 is 0 Å². The Morgan fingerprint density at radius 3 is 2.64 bits per heavy atom. The topological polar surface area (TPSA) is 63.0 Å². The van der Waals surface area contributed by atoms with E-state index in [-0.39, 0.29) is 18.4 Å². The minimum absolute atomic E-state index is 0.0360. The maximum atomic E-state index is 12.4. The van der Waals surface area contributed by atoms with Gasteiger partial charge in [-0.15, -0.1) is 0 Å². The van der Waals surface area contributed by atoms with Crippen LogP contribution < -0.4 is 9.64 Å². The molecule has 0 radical (unpaired) electrons. The van der Waals surface area contributed by atoms with Gasteiger partial charge < -0.3 is 19.0 Å². The second-order valence-corrected chi connectivity index (χ2v) is 7.80. The Labute approximate surface area is 165 Å². The SMILES string of the molecule is CC1CC1c1ccc(CN(C)C(=O)COc2ccc(N3CCCC3=O)cc2)o1. The van der Waals surface area contributed by atoms with E-state index in [1.54, 1.807) is 29.0 Å². The smallest absolute Gasteiger partial charge is 0.260 e. The normalized spacial score (nSPS) is 21.1. The van der Waals surface area contributed by atoms with Crippen molar-refractivity contribution in [3.8, 4) is 5.75 Å². The van der Waals surface area contributed by atoms with Crippen LogP contribution in [0.1, 0.15) is 43.6 Å². The lowest BCUT2D eigenvalue weighted by Crippen LogP contribution is -2.30. The van der Waals surface area contributed by atoms with Crippen LogP contribution in [0.3, 0.4) is 0 Å². The number of benzene rings is 1. The van der Waals surface area contributed by atoms with Crippen LogP contribution >= 0.6 is 0 Å². The van der Waals surface area contributed by atoms with Crippen LogP contribution in [0.2, 0.25) is 0 Å². The monoisotopic (exact) mass is 382 g/mol. The Balaban J connectivity index is 1.26. The second kappa shape index (κ2) is 7.70. The highest BCUT2D eigenvalue weighted by atomic mass is 16.5. The summed E-state index contributed by atoms with van der Waals surface area (Å²) in [5.41, 5.74) is 0.872. The van der Waals surface area contributed by atoms with Crippen LogP contribution in [-0.2, 0) is 16.1 Å². The molecule has 1 saturated carbocycles.